The molecule has 47 heavy (non-hydrogen) atoms. The number of hydrogen-bond donors (Lipinski definition) is 6. The first-order valence-corrected chi connectivity index (χ1v) is 16.3. The quantitative estimate of drug-likeness (QED) is 0.158. The predicted molar refractivity (Wildman–Crippen MR) is 183 cm³/mol. The lowest BCUT2D eigenvalue weighted by Crippen LogP contribution is -2.29. The number of aromatic nitrogens is 4. The number of nitrogens with one attached hydrogen (secondary N) is 3. The summed E-state index contributed by atoms with van der Waals surface area (Å²) in [7, 11) is 0. The number of rotatable bonds is 10. The minimum Gasteiger partial charge on any atom is -0.481 e. The molecule has 0 fully saturated rings. The van der Waals surface area contributed by atoms with Crippen LogP contribution in [-0.4, -0.2) is 61.1 Å². The number of carboxylic acids is 2. The van der Waals surface area contributed by atoms with Crippen molar-refractivity contribution in [2.75, 3.05) is 13.1 Å². The van der Waals surface area contributed by atoms with Gasteiger partial charge in [0, 0.05) is 59.2 Å². The highest BCUT2D eigenvalue weighted by molar-refractivity contribution is 6.02. The predicted octanol–water partition coefficient (Wildman–Crippen LogP) is 5.90. The molecular weight excluding hydrogens is 596 g/mol. The smallest absolute Gasteiger partial charge is 0.338 e. The fraction of sp³-hybridized carbons (Fsp3) is 0.417. The third-order valence-electron chi connectivity index (χ3n) is 9.66. The minimum atomic E-state index is -1.17. The van der Waals surface area contributed by atoms with Crippen molar-refractivity contribution in [3.05, 3.63) is 68.8 Å². The molecule has 2 aliphatic heterocycles. The molecule has 5 rings (SSSR count). The first kappa shape index (κ1) is 33.6. The molecule has 248 valence electrons. The Morgan fingerprint density at radius 1 is 0.915 bits per heavy atom. The molecule has 11 nitrogen and oxygen atoms in total. The van der Waals surface area contributed by atoms with Crippen LogP contribution in [0.2, 0.25) is 0 Å². The molecule has 2 unspecified atom stereocenters. The van der Waals surface area contributed by atoms with Crippen molar-refractivity contribution < 1.29 is 24.6 Å². The van der Waals surface area contributed by atoms with Crippen LogP contribution in [0.25, 0.3) is 33.2 Å². The van der Waals surface area contributed by atoms with Crippen molar-refractivity contribution in [3.63, 3.8) is 0 Å². The molecule has 2 aliphatic rings. The summed E-state index contributed by atoms with van der Waals surface area (Å²) in [6, 6.07) is 5.94. The van der Waals surface area contributed by atoms with Crippen LogP contribution in [0.3, 0.4) is 0 Å². The van der Waals surface area contributed by atoms with Crippen molar-refractivity contribution in [1.82, 2.24) is 25.3 Å². The average Bonchev–Trinajstić information content (AvgIpc) is 3.70. The lowest BCUT2D eigenvalue weighted by molar-refractivity contribution is -0.136. The van der Waals surface area contributed by atoms with Gasteiger partial charge in [0.25, 0.3) is 0 Å². The molecule has 8 bridgehead atoms. The summed E-state index contributed by atoms with van der Waals surface area (Å²) in [5.74, 6) is -2.99. The number of aryl methyl sites for hydroxylation is 3. The Bertz CT molecular complexity index is 1970. The number of hydrogen-bond acceptors (Lipinski definition) is 6. The number of aliphatic carboxylic acids is 1. The molecule has 0 aromatic carbocycles. The normalized spacial score (nSPS) is 16.1. The zero-order chi connectivity index (χ0) is 34.2. The van der Waals surface area contributed by atoms with E-state index >= 15 is 0 Å². The van der Waals surface area contributed by atoms with Crippen molar-refractivity contribution in [3.8, 4) is 0 Å². The highest BCUT2D eigenvalue weighted by atomic mass is 16.4. The molecule has 0 saturated heterocycles. The first-order chi connectivity index (χ1) is 22.4. The topological polar surface area (TPSA) is 187 Å². The Kier molecular flexibility index (Phi) is 9.67. The maximum absolute atomic E-state index is 12.8. The number of allylic oxidation sites excluding steroid dienone is 2. The molecule has 11 heteroatoms. The van der Waals surface area contributed by atoms with Crippen LogP contribution in [0.1, 0.15) is 114 Å². The van der Waals surface area contributed by atoms with E-state index in [0.29, 0.717) is 47.5 Å². The molecule has 0 aliphatic carbocycles. The van der Waals surface area contributed by atoms with Gasteiger partial charge in [-0.2, -0.15) is 0 Å². The first-order valence-electron chi connectivity index (χ1n) is 16.3. The molecule has 1 amide bonds. The number of carboxylic acid groups (broad SMARTS) is 2. The van der Waals surface area contributed by atoms with E-state index in [4.69, 9.17) is 15.7 Å². The van der Waals surface area contributed by atoms with Crippen LogP contribution in [0.15, 0.2) is 18.2 Å². The van der Waals surface area contributed by atoms with Gasteiger partial charge in [-0.15, -0.1) is 0 Å². The summed E-state index contributed by atoms with van der Waals surface area (Å²) in [5, 5.41) is 23.4. The van der Waals surface area contributed by atoms with Gasteiger partial charge in [0.15, 0.2) is 0 Å². The minimum absolute atomic E-state index is 0.00232. The Balaban J connectivity index is 1.95. The molecule has 0 spiro atoms. The van der Waals surface area contributed by atoms with Crippen LogP contribution in [0.5, 0.6) is 0 Å². The summed E-state index contributed by atoms with van der Waals surface area (Å²) < 4.78 is 0. The molecule has 5 heterocycles. The van der Waals surface area contributed by atoms with Gasteiger partial charge in [0.05, 0.1) is 34.6 Å². The highest BCUT2D eigenvalue weighted by Crippen LogP contribution is 2.43. The summed E-state index contributed by atoms with van der Waals surface area (Å²) in [6.45, 7) is 12.7. The fourth-order valence-electron chi connectivity index (χ4n) is 7.06. The van der Waals surface area contributed by atoms with Gasteiger partial charge in [0.1, 0.15) is 0 Å². The van der Waals surface area contributed by atoms with Gasteiger partial charge in [0.2, 0.25) is 5.91 Å². The second-order valence-electron chi connectivity index (χ2n) is 12.4. The SMILES string of the molecule is CCC1=C(C)c2cc3nc(c(CC(=O)O)c4[nH]c(cc5[nH]c(cc1n2)c(C)c5CC)c(C)c4C(=O)O)C(CCC(=O)NCCN)C3C. The highest BCUT2D eigenvalue weighted by Gasteiger charge is 2.34. The standard InChI is InChI=1S/C36H44N6O5/c1-7-21-17(3)25-14-27-19(5)23(9-10-31(43)38-12-11-37)34(41-27)24(13-32(44)45)35-33(36(46)47)20(6)28(42-35)16-30-22(8-2)18(4)26(40-30)15-29(21)39-25/h14-16,19,23,40,42H,7-13,37H2,1-6H3,(H,38,43)(H,44,45)(H,46,47). The maximum atomic E-state index is 12.8. The van der Waals surface area contributed by atoms with Gasteiger partial charge in [-0.05, 0) is 86.1 Å². The van der Waals surface area contributed by atoms with E-state index in [2.05, 4.69) is 49.0 Å². The number of aromatic carboxylic acids is 1. The second-order valence-corrected chi connectivity index (χ2v) is 12.4. The molecule has 3 aromatic rings. The number of nitrogens with zero attached hydrogens (tertiary/aromatic N) is 2. The van der Waals surface area contributed by atoms with Crippen molar-refractivity contribution in [1.29, 1.82) is 0 Å². The van der Waals surface area contributed by atoms with Gasteiger partial charge >= 0.3 is 11.9 Å². The van der Waals surface area contributed by atoms with E-state index < -0.39 is 18.4 Å². The van der Waals surface area contributed by atoms with E-state index in [-0.39, 0.29) is 35.2 Å². The monoisotopic (exact) mass is 640 g/mol. The van der Waals surface area contributed by atoms with E-state index in [1.54, 1.807) is 6.92 Å². The summed E-state index contributed by atoms with van der Waals surface area (Å²) >= 11 is 0. The number of H-pyrrole nitrogens is 2. The Hall–Kier alpha value is -4.77. The maximum Gasteiger partial charge on any atom is 0.338 e. The van der Waals surface area contributed by atoms with Gasteiger partial charge in [-0.25, -0.2) is 9.78 Å². The van der Waals surface area contributed by atoms with Gasteiger partial charge in [-0.1, -0.05) is 20.8 Å². The molecule has 0 saturated carbocycles. The third kappa shape index (κ3) is 6.32. The number of aromatic amines is 2. The van der Waals surface area contributed by atoms with Crippen LogP contribution in [-0.2, 0) is 22.4 Å². The Morgan fingerprint density at radius 2 is 1.64 bits per heavy atom. The van der Waals surface area contributed by atoms with Gasteiger partial charge < -0.3 is 31.2 Å². The van der Waals surface area contributed by atoms with Crippen LogP contribution in [0, 0.1) is 13.8 Å². The number of amides is 1. The molecule has 2 atom stereocenters. The van der Waals surface area contributed by atoms with Crippen LogP contribution >= 0.6 is 0 Å². The number of fused-ring (bicyclic) bond motifs is 8. The van der Waals surface area contributed by atoms with Crippen LogP contribution < -0.4 is 11.1 Å². The number of nitrogens with two attached hydrogens (primary N) is 1. The summed E-state index contributed by atoms with van der Waals surface area (Å²) in [5.41, 5.74) is 16.1. The molecule has 0 radical (unpaired) electrons. The number of carbonyl (C=O) groups is 3. The van der Waals surface area contributed by atoms with Crippen molar-refractivity contribution >= 4 is 51.1 Å². The molecule has 3 aromatic heterocycles. The number of carbonyl (C=O) groups excluding carboxylic acids is 1. The largest absolute Gasteiger partial charge is 0.481 e. The fourth-order valence-corrected chi connectivity index (χ4v) is 7.06. The van der Waals surface area contributed by atoms with Crippen molar-refractivity contribution in [2.45, 2.75) is 85.5 Å². The Morgan fingerprint density at radius 3 is 2.28 bits per heavy atom. The van der Waals surface area contributed by atoms with E-state index in [9.17, 15) is 24.6 Å². The van der Waals surface area contributed by atoms with Crippen molar-refractivity contribution in [2.24, 2.45) is 5.73 Å². The third-order valence-corrected chi connectivity index (χ3v) is 9.66. The lowest BCUT2D eigenvalue weighted by Gasteiger charge is -2.18. The summed E-state index contributed by atoms with van der Waals surface area (Å²) in [6.07, 6.45) is 1.65. The Labute approximate surface area is 273 Å². The zero-order valence-corrected chi connectivity index (χ0v) is 27.9. The molecule has 7 N–H and O–H groups in total. The van der Waals surface area contributed by atoms with E-state index in [1.807, 2.05) is 19.1 Å². The van der Waals surface area contributed by atoms with Crippen LogP contribution in [0.4, 0.5) is 0 Å². The van der Waals surface area contributed by atoms with E-state index in [1.165, 1.54) is 0 Å². The second kappa shape index (κ2) is 13.5. The van der Waals surface area contributed by atoms with Gasteiger partial charge in [-0.3, -0.25) is 14.6 Å². The lowest BCUT2D eigenvalue weighted by atomic mass is 9.84. The average molecular weight is 641 g/mol. The summed E-state index contributed by atoms with van der Waals surface area (Å²) in [4.78, 5) is 54.9. The molecular formula is C36H44N6O5. The zero-order valence-electron chi connectivity index (χ0n) is 27.9. The van der Waals surface area contributed by atoms with E-state index in [0.717, 1.165) is 57.5 Å².